The van der Waals surface area contributed by atoms with E-state index < -0.39 is 24.2 Å². The number of amides is 3. The van der Waals surface area contributed by atoms with E-state index in [1.165, 1.54) is 12.1 Å². The maximum absolute atomic E-state index is 12.3. The summed E-state index contributed by atoms with van der Waals surface area (Å²) in [5, 5.41) is 5.35. The first-order valence-corrected chi connectivity index (χ1v) is 9.63. The van der Waals surface area contributed by atoms with Crippen LogP contribution >= 0.6 is 11.3 Å². The number of halogens is 3. The predicted molar refractivity (Wildman–Crippen MR) is 104 cm³/mol. The number of hydrogen-bond donors (Lipinski definition) is 4. The molecule has 1 aromatic heterocycles. The molecule has 1 aromatic carbocycles. The highest BCUT2D eigenvalue weighted by molar-refractivity contribution is 7.22. The highest BCUT2D eigenvalue weighted by Crippen LogP contribution is 2.31. The van der Waals surface area contributed by atoms with Gasteiger partial charge in [0.1, 0.15) is 5.75 Å². The van der Waals surface area contributed by atoms with Gasteiger partial charge in [0.15, 0.2) is 5.13 Å². The molecule has 2 rings (SSSR count). The maximum atomic E-state index is 12.3. The van der Waals surface area contributed by atoms with Gasteiger partial charge in [0.25, 0.3) is 0 Å². The number of primary amides is 1. The molecule has 0 saturated heterocycles. The number of ether oxygens (including phenoxy) is 1. The number of fused-ring (bicyclic) bond motifs is 1. The zero-order valence-corrected chi connectivity index (χ0v) is 16.4. The fourth-order valence-electron chi connectivity index (χ4n) is 2.36. The average molecular weight is 447 g/mol. The molecule has 0 radical (unpaired) electrons. The Balaban J connectivity index is 1.77. The Hall–Kier alpha value is -2.93. The molecular weight excluding hydrogens is 427 g/mol. The van der Waals surface area contributed by atoms with E-state index in [4.69, 9.17) is 11.5 Å². The van der Waals surface area contributed by atoms with Gasteiger partial charge in [-0.15, -0.1) is 13.2 Å². The van der Waals surface area contributed by atoms with E-state index in [0.717, 1.165) is 17.4 Å². The summed E-state index contributed by atoms with van der Waals surface area (Å²) in [5.74, 6) is -1.73. The molecule has 0 bridgehead atoms. The van der Waals surface area contributed by atoms with Crippen LogP contribution in [-0.2, 0) is 14.4 Å². The minimum Gasteiger partial charge on any atom is -0.406 e. The highest BCUT2D eigenvalue weighted by Gasteiger charge is 2.31. The van der Waals surface area contributed by atoms with Crippen molar-refractivity contribution < 1.29 is 32.3 Å². The Labute approximate surface area is 172 Å². The quantitative estimate of drug-likeness (QED) is 0.407. The van der Waals surface area contributed by atoms with Gasteiger partial charge in [-0.1, -0.05) is 11.3 Å². The van der Waals surface area contributed by atoms with Crippen LogP contribution in [0.3, 0.4) is 0 Å². The first kappa shape index (κ1) is 23.3. The van der Waals surface area contributed by atoms with E-state index in [1.54, 1.807) is 0 Å². The number of nitrogens with one attached hydrogen (secondary N) is 2. The van der Waals surface area contributed by atoms with Crippen LogP contribution in [0.2, 0.25) is 0 Å². The number of carbonyl (C=O) groups excluding carboxylic acids is 3. The van der Waals surface area contributed by atoms with Crippen molar-refractivity contribution in [2.24, 2.45) is 11.5 Å². The third-order valence-electron chi connectivity index (χ3n) is 3.76. The van der Waals surface area contributed by atoms with Crippen molar-refractivity contribution in [3.8, 4) is 5.75 Å². The van der Waals surface area contributed by atoms with Crippen LogP contribution in [-0.4, -0.2) is 41.7 Å². The van der Waals surface area contributed by atoms with Crippen LogP contribution in [0.5, 0.6) is 5.75 Å². The number of nitrogens with two attached hydrogens (primary N) is 2. The molecule has 9 nitrogen and oxygen atoms in total. The van der Waals surface area contributed by atoms with Gasteiger partial charge in [-0.25, -0.2) is 4.98 Å². The molecule has 3 amide bonds. The second kappa shape index (κ2) is 10.2. The SMILES string of the molecule is NC(=O)CC[C@H](N)C(=O)NCCCC(=O)Nc1nc2ccc(OC(F)(F)F)cc2s1. The molecule has 0 fully saturated rings. The average Bonchev–Trinajstić information content (AvgIpc) is 3.02. The smallest absolute Gasteiger partial charge is 0.406 e. The van der Waals surface area contributed by atoms with Crippen molar-refractivity contribution in [3.05, 3.63) is 18.2 Å². The molecule has 0 aliphatic rings. The van der Waals surface area contributed by atoms with Crippen molar-refractivity contribution in [1.82, 2.24) is 10.3 Å². The molecule has 164 valence electrons. The summed E-state index contributed by atoms with van der Waals surface area (Å²) in [6.45, 7) is 0.203. The fourth-order valence-corrected chi connectivity index (χ4v) is 3.27. The Morgan fingerprint density at radius 2 is 1.97 bits per heavy atom. The van der Waals surface area contributed by atoms with Crippen molar-refractivity contribution in [2.45, 2.75) is 38.1 Å². The Morgan fingerprint density at radius 3 is 2.63 bits per heavy atom. The number of nitrogens with zero attached hydrogens (tertiary/aromatic N) is 1. The van der Waals surface area contributed by atoms with Crippen LogP contribution in [0.4, 0.5) is 18.3 Å². The van der Waals surface area contributed by atoms with Gasteiger partial charge in [0, 0.05) is 25.5 Å². The van der Waals surface area contributed by atoms with Gasteiger partial charge in [0.05, 0.1) is 16.3 Å². The summed E-state index contributed by atoms with van der Waals surface area (Å²) in [6, 6.07) is 2.82. The van der Waals surface area contributed by atoms with Crippen LogP contribution in [0.25, 0.3) is 10.2 Å². The molecular formula is C17H20F3N5O4S. The number of benzene rings is 1. The summed E-state index contributed by atoms with van der Waals surface area (Å²) in [6.07, 6.45) is -4.25. The van der Waals surface area contributed by atoms with E-state index in [-0.39, 0.29) is 42.6 Å². The summed E-state index contributed by atoms with van der Waals surface area (Å²) < 4.78 is 41.1. The third kappa shape index (κ3) is 7.83. The van der Waals surface area contributed by atoms with E-state index in [2.05, 4.69) is 20.4 Å². The molecule has 6 N–H and O–H groups in total. The molecule has 0 spiro atoms. The lowest BCUT2D eigenvalue weighted by Gasteiger charge is -2.11. The fraction of sp³-hybridized carbons (Fsp3) is 0.412. The molecule has 0 unspecified atom stereocenters. The monoisotopic (exact) mass is 447 g/mol. The minimum absolute atomic E-state index is 0.00296. The summed E-state index contributed by atoms with van der Waals surface area (Å²) >= 11 is 1.01. The maximum Gasteiger partial charge on any atom is 0.573 e. The van der Waals surface area contributed by atoms with Crippen LogP contribution in [0.1, 0.15) is 25.7 Å². The first-order valence-electron chi connectivity index (χ1n) is 8.81. The lowest BCUT2D eigenvalue weighted by atomic mass is 10.1. The zero-order valence-electron chi connectivity index (χ0n) is 15.6. The van der Waals surface area contributed by atoms with Crippen LogP contribution in [0.15, 0.2) is 18.2 Å². The van der Waals surface area contributed by atoms with Gasteiger partial charge >= 0.3 is 6.36 Å². The molecule has 2 aromatic rings. The highest BCUT2D eigenvalue weighted by atomic mass is 32.1. The number of hydrogen-bond acceptors (Lipinski definition) is 7. The van der Waals surface area contributed by atoms with Crippen molar-refractivity contribution in [2.75, 3.05) is 11.9 Å². The number of alkyl halides is 3. The van der Waals surface area contributed by atoms with Crippen molar-refractivity contribution >= 4 is 44.4 Å². The zero-order chi connectivity index (χ0) is 22.3. The van der Waals surface area contributed by atoms with Gasteiger partial charge in [-0.2, -0.15) is 0 Å². The molecule has 1 atom stereocenters. The van der Waals surface area contributed by atoms with Gasteiger partial charge in [-0.3, -0.25) is 14.4 Å². The van der Waals surface area contributed by atoms with Gasteiger partial charge < -0.3 is 26.8 Å². The van der Waals surface area contributed by atoms with E-state index in [9.17, 15) is 27.6 Å². The van der Waals surface area contributed by atoms with Crippen molar-refractivity contribution in [1.29, 1.82) is 0 Å². The second-order valence-electron chi connectivity index (χ2n) is 6.25. The van der Waals surface area contributed by atoms with Gasteiger partial charge in [-0.05, 0) is 25.0 Å². The first-order chi connectivity index (χ1) is 14.0. The molecule has 1 heterocycles. The normalized spacial score (nSPS) is 12.4. The molecule has 0 aliphatic heterocycles. The van der Waals surface area contributed by atoms with Crippen LogP contribution < -0.4 is 26.8 Å². The van der Waals surface area contributed by atoms with E-state index >= 15 is 0 Å². The topological polar surface area (TPSA) is 149 Å². The Bertz CT molecular complexity index is 918. The lowest BCUT2D eigenvalue weighted by Crippen LogP contribution is -2.41. The largest absolute Gasteiger partial charge is 0.573 e. The predicted octanol–water partition coefficient (Wildman–Crippen LogP) is 1.62. The second-order valence-corrected chi connectivity index (χ2v) is 7.28. The lowest BCUT2D eigenvalue weighted by molar-refractivity contribution is -0.274. The standard InChI is InChI=1S/C17H20F3N5O4S/c18-17(19,20)29-9-3-5-11-12(8-9)30-16(24-11)25-14(27)2-1-7-23-15(28)10(21)4-6-13(22)26/h3,5,8,10H,1-2,4,6-7,21H2,(H2,22,26)(H,23,28)(H,24,25,27)/t10-/m0/s1. The summed E-state index contributed by atoms with van der Waals surface area (Å²) in [4.78, 5) is 38.5. The molecule has 30 heavy (non-hydrogen) atoms. The number of aromatic nitrogens is 1. The van der Waals surface area contributed by atoms with Crippen molar-refractivity contribution in [3.63, 3.8) is 0 Å². The number of rotatable bonds is 10. The minimum atomic E-state index is -4.80. The van der Waals surface area contributed by atoms with E-state index in [1.807, 2.05) is 0 Å². The van der Waals surface area contributed by atoms with Gasteiger partial charge in [0.2, 0.25) is 17.7 Å². The summed E-state index contributed by atoms with van der Waals surface area (Å²) in [5.41, 5.74) is 11.0. The number of anilines is 1. The van der Waals surface area contributed by atoms with E-state index in [0.29, 0.717) is 16.6 Å². The summed E-state index contributed by atoms with van der Waals surface area (Å²) in [7, 11) is 0. The third-order valence-corrected chi connectivity index (χ3v) is 4.69. The number of carbonyl (C=O) groups is 3. The Kier molecular flexibility index (Phi) is 7.94. The molecule has 13 heteroatoms. The number of thiazole rings is 1. The Morgan fingerprint density at radius 1 is 1.23 bits per heavy atom. The molecule has 0 aliphatic carbocycles. The molecule has 0 saturated carbocycles. The van der Waals surface area contributed by atoms with Crippen LogP contribution in [0, 0.1) is 0 Å².